The number of imidazole rings is 1. The van der Waals surface area contributed by atoms with Crippen LogP contribution in [0, 0.1) is 11.6 Å². The van der Waals surface area contributed by atoms with Gasteiger partial charge in [0.05, 0.1) is 17.6 Å². The van der Waals surface area contributed by atoms with Crippen molar-refractivity contribution in [3.8, 4) is 22.5 Å². The van der Waals surface area contributed by atoms with E-state index in [0.717, 1.165) is 6.20 Å². The van der Waals surface area contributed by atoms with Crippen molar-refractivity contribution in [1.29, 1.82) is 0 Å². The molecule has 118 valence electrons. The fraction of sp³-hybridized carbons (Fsp3) is 0. The standard InChI is InChI=1S/C17H11F2N5/c18-11-3-1-10(2-4-11)14-15(12-5-6-21-9-13(12)19)24-8-7-22-17(24)16(20)23-14/h1-9H,(H2,20,23). The molecule has 0 bridgehead atoms. The zero-order chi connectivity index (χ0) is 16.7. The Labute approximate surface area is 135 Å². The summed E-state index contributed by atoms with van der Waals surface area (Å²) in [7, 11) is 0. The third-order valence-corrected chi connectivity index (χ3v) is 3.71. The van der Waals surface area contributed by atoms with Crippen LogP contribution in [0.15, 0.2) is 55.1 Å². The molecule has 0 radical (unpaired) electrons. The Morgan fingerprint density at radius 3 is 2.54 bits per heavy atom. The number of fused-ring (bicyclic) bond motifs is 1. The monoisotopic (exact) mass is 323 g/mol. The van der Waals surface area contributed by atoms with Gasteiger partial charge >= 0.3 is 0 Å². The molecule has 0 unspecified atom stereocenters. The molecule has 2 N–H and O–H groups in total. The van der Waals surface area contributed by atoms with Crippen LogP contribution in [0.1, 0.15) is 0 Å². The van der Waals surface area contributed by atoms with Gasteiger partial charge < -0.3 is 5.73 Å². The maximum atomic E-state index is 14.4. The largest absolute Gasteiger partial charge is 0.381 e. The van der Waals surface area contributed by atoms with Gasteiger partial charge in [0.1, 0.15) is 5.82 Å². The molecule has 1 aromatic carbocycles. The highest BCUT2D eigenvalue weighted by Crippen LogP contribution is 2.34. The number of halogens is 2. The number of nitrogens with zero attached hydrogens (tertiary/aromatic N) is 4. The van der Waals surface area contributed by atoms with Gasteiger partial charge in [0, 0.05) is 29.7 Å². The molecule has 3 aromatic heterocycles. The molecule has 3 heterocycles. The second-order valence-electron chi connectivity index (χ2n) is 5.18. The Kier molecular flexibility index (Phi) is 3.19. The van der Waals surface area contributed by atoms with E-state index in [1.165, 1.54) is 18.3 Å². The first kappa shape index (κ1) is 14.3. The molecule has 0 aliphatic carbocycles. The highest BCUT2D eigenvalue weighted by atomic mass is 19.1. The van der Waals surface area contributed by atoms with Crippen molar-refractivity contribution in [3.63, 3.8) is 0 Å². The van der Waals surface area contributed by atoms with Gasteiger partial charge in [-0.3, -0.25) is 9.38 Å². The Hall–Kier alpha value is -3.35. The van der Waals surface area contributed by atoms with Gasteiger partial charge in [0.25, 0.3) is 0 Å². The van der Waals surface area contributed by atoms with E-state index in [1.807, 2.05) is 0 Å². The number of hydrogen-bond acceptors (Lipinski definition) is 4. The summed E-state index contributed by atoms with van der Waals surface area (Å²) in [5.74, 6) is -0.660. The Bertz CT molecular complexity index is 1040. The molecule has 0 saturated heterocycles. The minimum Gasteiger partial charge on any atom is -0.381 e. The normalized spacial score (nSPS) is 11.1. The molecule has 7 heteroatoms. The van der Waals surface area contributed by atoms with Crippen molar-refractivity contribution in [2.45, 2.75) is 0 Å². The minimum absolute atomic E-state index is 0.206. The van der Waals surface area contributed by atoms with Crippen molar-refractivity contribution in [2.75, 3.05) is 5.73 Å². The lowest BCUT2D eigenvalue weighted by Crippen LogP contribution is -2.04. The highest BCUT2D eigenvalue weighted by molar-refractivity contribution is 5.83. The van der Waals surface area contributed by atoms with Crippen LogP contribution in [0.25, 0.3) is 28.2 Å². The minimum atomic E-state index is -0.498. The fourth-order valence-corrected chi connectivity index (χ4v) is 2.64. The SMILES string of the molecule is Nc1nc(-c2ccc(F)cc2)c(-c2ccncc2F)n2ccnc12. The quantitative estimate of drug-likeness (QED) is 0.614. The van der Waals surface area contributed by atoms with Crippen LogP contribution in [0.2, 0.25) is 0 Å². The second kappa shape index (κ2) is 5.38. The van der Waals surface area contributed by atoms with E-state index >= 15 is 0 Å². The summed E-state index contributed by atoms with van der Waals surface area (Å²) < 4.78 is 29.3. The summed E-state index contributed by atoms with van der Waals surface area (Å²) in [5, 5.41) is 0. The lowest BCUT2D eigenvalue weighted by molar-refractivity contribution is 0.624. The van der Waals surface area contributed by atoms with Crippen molar-refractivity contribution in [2.24, 2.45) is 0 Å². The maximum Gasteiger partial charge on any atom is 0.180 e. The highest BCUT2D eigenvalue weighted by Gasteiger charge is 2.19. The number of nitrogens with two attached hydrogens (primary N) is 1. The lowest BCUT2D eigenvalue weighted by atomic mass is 10.0. The number of aromatic nitrogens is 4. The second-order valence-corrected chi connectivity index (χ2v) is 5.18. The van der Waals surface area contributed by atoms with Crippen LogP contribution in [0.4, 0.5) is 14.6 Å². The summed E-state index contributed by atoms with van der Waals surface area (Å²) >= 11 is 0. The van der Waals surface area contributed by atoms with Gasteiger partial charge in [-0.25, -0.2) is 18.7 Å². The molecule has 4 rings (SSSR count). The first-order valence-electron chi connectivity index (χ1n) is 7.13. The summed E-state index contributed by atoms with van der Waals surface area (Å²) in [5.41, 5.74) is 8.23. The number of rotatable bonds is 2. The average Bonchev–Trinajstić information content (AvgIpc) is 3.07. The van der Waals surface area contributed by atoms with Crippen molar-refractivity contribution < 1.29 is 8.78 Å². The Morgan fingerprint density at radius 2 is 1.79 bits per heavy atom. The molecule has 24 heavy (non-hydrogen) atoms. The van der Waals surface area contributed by atoms with Gasteiger partial charge in [-0.2, -0.15) is 0 Å². The van der Waals surface area contributed by atoms with Gasteiger partial charge in [0.15, 0.2) is 17.3 Å². The molecule has 0 saturated carbocycles. The van der Waals surface area contributed by atoms with Crippen molar-refractivity contribution in [1.82, 2.24) is 19.4 Å². The van der Waals surface area contributed by atoms with E-state index in [9.17, 15) is 8.78 Å². The van der Waals surface area contributed by atoms with Crippen LogP contribution >= 0.6 is 0 Å². The zero-order valence-electron chi connectivity index (χ0n) is 12.3. The van der Waals surface area contributed by atoms with E-state index in [-0.39, 0.29) is 11.6 Å². The van der Waals surface area contributed by atoms with E-state index in [2.05, 4.69) is 15.0 Å². The number of anilines is 1. The van der Waals surface area contributed by atoms with E-state index in [0.29, 0.717) is 28.2 Å². The number of pyridine rings is 1. The zero-order valence-corrected chi connectivity index (χ0v) is 12.3. The Balaban J connectivity index is 2.11. The fourth-order valence-electron chi connectivity index (χ4n) is 2.64. The topological polar surface area (TPSA) is 69.1 Å². The third-order valence-electron chi connectivity index (χ3n) is 3.71. The molecule has 5 nitrogen and oxygen atoms in total. The van der Waals surface area contributed by atoms with E-state index in [4.69, 9.17) is 5.73 Å². The molecular weight excluding hydrogens is 312 g/mol. The third kappa shape index (κ3) is 2.18. The predicted octanol–water partition coefficient (Wildman–Crippen LogP) is 3.32. The molecule has 0 amide bonds. The summed E-state index contributed by atoms with van der Waals surface area (Å²) in [6.07, 6.45) is 5.86. The smallest absolute Gasteiger partial charge is 0.180 e. The van der Waals surface area contributed by atoms with Gasteiger partial charge in [-0.05, 0) is 30.3 Å². The molecular formula is C17H11F2N5. The molecule has 4 aromatic rings. The van der Waals surface area contributed by atoms with Gasteiger partial charge in [-0.1, -0.05) is 0 Å². The van der Waals surface area contributed by atoms with Gasteiger partial charge in [-0.15, -0.1) is 0 Å². The molecule has 0 aliphatic heterocycles. The van der Waals surface area contributed by atoms with Crippen LogP contribution in [-0.4, -0.2) is 19.4 Å². The van der Waals surface area contributed by atoms with Crippen LogP contribution in [0.5, 0.6) is 0 Å². The summed E-state index contributed by atoms with van der Waals surface area (Å²) in [6, 6.07) is 7.33. The van der Waals surface area contributed by atoms with Crippen LogP contribution in [-0.2, 0) is 0 Å². The molecule has 0 atom stereocenters. The van der Waals surface area contributed by atoms with E-state index in [1.54, 1.807) is 35.0 Å². The van der Waals surface area contributed by atoms with Crippen molar-refractivity contribution in [3.05, 3.63) is 66.8 Å². The van der Waals surface area contributed by atoms with Crippen LogP contribution < -0.4 is 5.73 Å². The maximum absolute atomic E-state index is 14.4. The molecule has 0 aliphatic rings. The van der Waals surface area contributed by atoms with Crippen LogP contribution in [0.3, 0.4) is 0 Å². The average molecular weight is 323 g/mol. The number of benzene rings is 1. The predicted molar refractivity (Wildman–Crippen MR) is 86.0 cm³/mol. The summed E-state index contributed by atoms with van der Waals surface area (Å²) in [4.78, 5) is 12.3. The molecule has 0 fully saturated rings. The Morgan fingerprint density at radius 1 is 1.00 bits per heavy atom. The number of nitrogen functional groups attached to an aromatic ring is 1. The lowest BCUT2D eigenvalue weighted by Gasteiger charge is -2.14. The first-order chi connectivity index (χ1) is 11.6. The van der Waals surface area contributed by atoms with Crippen molar-refractivity contribution >= 4 is 11.5 Å². The summed E-state index contributed by atoms with van der Waals surface area (Å²) in [6.45, 7) is 0. The number of hydrogen-bond donors (Lipinski definition) is 1. The molecule has 0 spiro atoms. The van der Waals surface area contributed by atoms with Gasteiger partial charge in [0.2, 0.25) is 0 Å². The first-order valence-corrected chi connectivity index (χ1v) is 7.13. The van der Waals surface area contributed by atoms with E-state index < -0.39 is 5.82 Å².